The minimum atomic E-state index is -4.62. The number of carbonyl (C=O) groups excluding carboxylic acids is 1. The van der Waals surface area contributed by atoms with E-state index in [-0.39, 0.29) is 11.3 Å². The van der Waals surface area contributed by atoms with Crippen molar-refractivity contribution < 1.29 is 22.5 Å². The van der Waals surface area contributed by atoms with Gasteiger partial charge in [-0.1, -0.05) is 30.3 Å². The van der Waals surface area contributed by atoms with Gasteiger partial charge in [0.05, 0.1) is 17.6 Å². The summed E-state index contributed by atoms with van der Waals surface area (Å²) in [5.74, 6) is -0.195. The van der Waals surface area contributed by atoms with Crippen LogP contribution in [0.1, 0.15) is 15.9 Å². The molecule has 0 aromatic heterocycles. The van der Waals surface area contributed by atoms with Gasteiger partial charge in [0.25, 0.3) is 0 Å². The lowest BCUT2D eigenvalue weighted by Gasteiger charge is -2.12. The molecule has 0 spiro atoms. The van der Waals surface area contributed by atoms with Crippen molar-refractivity contribution in [1.29, 1.82) is 0 Å². The summed E-state index contributed by atoms with van der Waals surface area (Å²) in [6.45, 7) is 0. The zero-order valence-electron chi connectivity index (χ0n) is 10.6. The average Bonchev–Trinajstić information content (AvgIpc) is 2.45. The van der Waals surface area contributed by atoms with Crippen molar-refractivity contribution in [2.45, 2.75) is 4.90 Å². The number of ketones is 1. The van der Waals surface area contributed by atoms with Gasteiger partial charge in [-0.3, -0.25) is 4.79 Å². The molecule has 0 saturated carbocycles. The number of methoxy groups -OCH3 is 1. The van der Waals surface area contributed by atoms with Gasteiger partial charge in [-0.2, -0.15) is 0 Å². The van der Waals surface area contributed by atoms with Gasteiger partial charge in [0.1, 0.15) is 15.9 Å². The fourth-order valence-electron chi connectivity index (χ4n) is 1.77. The number of benzene rings is 2. The minimum Gasteiger partial charge on any atom is -0.744 e. The molecular formula is C14H11O5S-. The lowest BCUT2D eigenvalue weighted by atomic mass is 10.0. The van der Waals surface area contributed by atoms with Crippen molar-refractivity contribution >= 4 is 15.9 Å². The van der Waals surface area contributed by atoms with Crippen LogP contribution in [-0.2, 0) is 10.1 Å². The Morgan fingerprint density at radius 3 is 2.30 bits per heavy atom. The lowest BCUT2D eigenvalue weighted by molar-refractivity contribution is 0.103. The van der Waals surface area contributed by atoms with Gasteiger partial charge in [-0.05, 0) is 18.2 Å². The smallest absolute Gasteiger partial charge is 0.196 e. The molecule has 2 aromatic rings. The van der Waals surface area contributed by atoms with E-state index in [1.54, 1.807) is 30.3 Å². The SMILES string of the molecule is COc1ccc(S(=O)(=O)[O-])cc1C(=O)c1ccccc1. The van der Waals surface area contributed by atoms with E-state index in [4.69, 9.17) is 4.74 Å². The van der Waals surface area contributed by atoms with Crippen LogP contribution >= 0.6 is 0 Å². The Labute approximate surface area is 116 Å². The van der Waals surface area contributed by atoms with Crippen LogP contribution in [0.25, 0.3) is 0 Å². The lowest BCUT2D eigenvalue weighted by Crippen LogP contribution is -2.07. The molecule has 0 fully saturated rings. The zero-order valence-corrected chi connectivity index (χ0v) is 11.4. The van der Waals surface area contributed by atoms with Crippen LogP contribution in [-0.4, -0.2) is 25.9 Å². The second-order valence-electron chi connectivity index (χ2n) is 4.01. The normalized spacial score (nSPS) is 11.1. The summed E-state index contributed by atoms with van der Waals surface area (Å²) >= 11 is 0. The summed E-state index contributed by atoms with van der Waals surface area (Å²) in [5, 5.41) is 0. The molecular weight excluding hydrogens is 280 g/mol. The molecule has 0 heterocycles. The maximum atomic E-state index is 12.3. The maximum Gasteiger partial charge on any atom is 0.196 e. The number of carbonyl (C=O) groups is 1. The highest BCUT2D eigenvalue weighted by Crippen LogP contribution is 2.25. The third-order valence-corrected chi connectivity index (χ3v) is 3.57. The molecule has 0 amide bonds. The van der Waals surface area contributed by atoms with Crippen LogP contribution in [0.4, 0.5) is 0 Å². The topological polar surface area (TPSA) is 83.5 Å². The van der Waals surface area contributed by atoms with Gasteiger partial charge in [0, 0.05) is 5.56 Å². The molecule has 2 rings (SSSR count). The Balaban J connectivity index is 2.57. The molecule has 0 N–H and O–H groups in total. The predicted molar refractivity (Wildman–Crippen MR) is 70.8 cm³/mol. The Morgan fingerprint density at radius 2 is 1.75 bits per heavy atom. The molecule has 2 aromatic carbocycles. The molecule has 0 atom stereocenters. The second-order valence-corrected chi connectivity index (χ2v) is 5.39. The standard InChI is InChI=1S/C14H12O5S/c1-19-13-8-7-11(20(16,17)18)9-12(13)14(15)10-5-3-2-4-6-10/h2-9H,1H3,(H,16,17,18)/p-1. The Bertz CT molecular complexity index is 735. The van der Waals surface area contributed by atoms with Crippen molar-refractivity contribution in [3.63, 3.8) is 0 Å². The van der Waals surface area contributed by atoms with E-state index in [1.165, 1.54) is 13.2 Å². The van der Waals surface area contributed by atoms with E-state index in [2.05, 4.69) is 0 Å². The van der Waals surface area contributed by atoms with Gasteiger partial charge in [-0.15, -0.1) is 0 Å². The third kappa shape index (κ3) is 2.87. The molecule has 0 unspecified atom stereocenters. The third-order valence-electron chi connectivity index (χ3n) is 2.74. The number of hydrogen-bond donors (Lipinski definition) is 0. The van der Waals surface area contributed by atoms with Crippen molar-refractivity contribution in [3.8, 4) is 5.75 Å². The van der Waals surface area contributed by atoms with Crippen molar-refractivity contribution in [3.05, 3.63) is 59.7 Å². The second kappa shape index (κ2) is 5.44. The largest absolute Gasteiger partial charge is 0.744 e. The highest BCUT2D eigenvalue weighted by Gasteiger charge is 2.16. The van der Waals surface area contributed by atoms with E-state index in [9.17, 15) is 17.8 Å². The molecule has 6 heteroatoms. The van der Waals surface area contributed by atoms with Crippen molar-refractivity contribution in [2.75, 3.05) is 7.11 Å². The van der Waals surface area contributed by atoms with Crippen LogP contribution in [0.3, 0.4) is 0 Å². The molecule has 0 radical (unpaired) electrons. The zero-order chi connectivity index (χ0) is 14.8. The number of hydrogen-bond acceptors (Lipinski definition) is 5. The molecule has 0 saturated heterocycles. The van der Waals surface area contributed by atoms with E-state index in [1.807, 2.05) is 0 Å². The molecule has 0 aliphatic rings. The predicted octanol–water partition coefficient (Wildman–Crippen LogP) is 1.83. The highest BCUT2D eigenvalue weighted by atomic mass is 32.2. The fourth-order valence-corrected chi connectivity index (χ4v) is 2.26. The van der Waals surface area contributed by atoms with E-state index < -0.39 is 20.8 Å². The van der Waals surface area contributed by atoms with Crippen LogP contribution < -0.4 is 4.74 Å². The summed E-state index contributed by atoms with van der Waals surface area (Å²) in [6.07, 6.45) is 0. The summed E-state index contributed by atoms with van der Waals surface area (Å²) in [5.41, 5.74) is 0.418. The summed E-state index contributed by atoms with van der Waals surface area (Å²) in [6, 6.07) is 11.8. The highest BCUT2D eigenvalue weighted by molar-refractivity contribution is 7.85. The van der Waals surface area contributed by atoms with Crippen molar-refractivity contribution in [2.24, 2.45) is 0 Å². The molecule has 20 heavy (non-hydrogen) atoms. The summed E-state index contributed by atoms with van der Waals surface area (Å²) in [4.78, 5) is 11.9. The molecule has 0 aliphatic heterocycles. The Kier molecular flexibility index (Phi) is 3.87. The van der Waals surface area contributed by atoms with Crippen molar-refractivity contribution in [1.82, 2.24) is 0 Å². The van der Waals surface area contributed by atoms with Crippen LogP contribution in [0.2, 0.25) is 0 Å². The van der Waals surface area contributed by atoms with E-state index in [0.717, 1.165) is 12.1 Å². The van der Waals surface area contributed by atoms with Gasteiger partial charge in [0.15, 0.2) is 5.78 Å². The first-order valence-electron chi connectivity index (χ1n) is 5.67. The van der Waals surface area contributed by atoms with Gasteiger partial charge < -0.3 is 9.29 Å². The number of rotatable bonds is 4. The summed E-state index contributed by atoms with van der Waals surface area (Å²) in [7, 11) is -3.26. The van der Waals surface area contributed by atoms with Gasteiger partial charge >= 0.3 is 0 Å². The Hall–Kier alpha value is -2.18. The first kappa shape index (κ1) is 14.2. The van der Waals surface area contributed by atoms with Crippen LogP contribution in [0.5, 0.6) is 5.75 Å². The molecule has 0 aliphatic carbocycles. The first-order chi connectivity index (χ1) is 9.43. The van der Waals surface area contributed by atoms with E-state index >= 15 is 0 Å². The first-order valence-corrected chi connectivity index (χ1v) is 7.08. The Morgan fingerprint density at radius 1 is 1.10 bits per heavy atom. The quantitative estimate of drug-likeness (QED) is 0.634. The molecule has 5 nitrogen and oxygen atoms in total. The fraction of sp³-hybridized carbons (Fsp3) is 0.0714. The minimum absolute atomic E-state index is 0.0376. The monoisotopic (exact) mass is 291 g/mol. The van der Waals surface area contributed by atoms with Crippen LogP contribution in [0, 0.1) is 0 Å². The average molecular weight is 291 g/mol. The maximum absolute atomic E-state index is 12.3. The number of ether oxygens (including phenoxy) is 1. The van der Waals surface area contributed by atoms with Gasteiger partial charge in [0.2, 0.25) is 0 Å². The molecule has 0 bridgehead atoms. The molecule has 104 valence electrons. The van der Waals surface area contributed by atoms with E-state index in [0.29, 0.717) is 5.56 Å². The van der Waals surface area contributed by atoms with Gasteiger partial charge in [-0.25, -0.2) is 8.42 Å². The summed E-state index contributed by atoms with van der Waals surface area (Å²) < 4.78 is 38.1. The van der Waals surface area contributed by atoms with Crippen LogP contribution in [0.15, 0.2) is 53.4 Å².